The minimum Gasteiger partial charge on any atom is -0.403 e. The summed E-state index contributed by atoms with van der Waals surface area (Å²) in [5, 5.41) is 12.5. The number of rotatable bonds is 4. The Bertz CT molecular complexity index is 833. The molecule has 0 saturated heterocycles. The summed E-state index contributed by atoms with van der Waals surface area (Å²) in [5.74, 6) is -0.307. The summed E-state index contributed by atoms with van der Waals surface area (Å²) in [4.78, 5) is 26.9. The van der Waals surface area contributed by atoms with Gasteiger partial charge in [0.05, 0.1) is 4.92 Å². The maximum absolute atomic E-state index is 11.7. The fourth-order valence-electron chi connectivity index (χ4n) is 1.88. The van der Waals surface area contributed by atoms with Crippen LogP contribution in [-0.2, 0) is 9.53 Å². The minimum atomic E-state index is -0.498. The molecule has 6 nitrogen and oxygen atoms in total. The highest BCUT2D eigenvalue weighted by Gasteiger charge is 2.21. The zero-order valence-corrected chi connectivity index (χ0v) is 12.5. The standard InChI is InChI=1S/C16H10N2O4S/c19-16-14(10-13-2-1-9-23-13)17-15(22-16)8-5-11-3-6-12(7-4-11)18(20)21/h1-10H/b8-5+,14-10+. The zero-order chi connectivity index (χ0) is 16.2. The van der Waals surface area contributed by atoms with E-state index in [-0.39, 0.29) is 17.3 Å². The topological polar surface area (TPSA) is 81.8 Å². The van der Waals surface area contributed by atoms with Gasteiger partial charge in [-0.3, -0.25) is 10.1 Å². The van der Waals surface area contributed by atoms with Crippen LogP contribution in [0.5, 0.6) is 0 Å². The summed E-state index contributed by atoms with van der Waals surface area (Å²) in [7, 11) is 0. The Morgan fingerprint density at radius 3 is 2.61 bits per heavy atom. The lowest BCUT2D eigenvalue weighted by molar-refractivity contribution is -0.384. The molecule has 0 radical (unpaired) electrons. The lowest BCUT2D eigenvalue weighted by Crippen LogP contribution is -2.00. The summed E-state index contributed by atoms with van der Waals surface area (Å²) < 4.78 is 5.06. The van der Waals surface area contributed by atoms with Crippen LogP contribution in [0.25, 0.3) is 12.2 Å². The number of benzene rings is 1. The van der Waals surface area contributed by atoms with Crippen LogP contribution in [-0.4, -0.2) is 16.8 Å². The second kappa shape index (κ2) is 6.37. The molecule has 114 valence electrons. The van der Waals surface area contributed by atoms with Gasteiger partial charge >= 0.3 is 5.97 Å². The molecule has 0 fully saturated rings. The molecule has 0 saturated carbocycles. The highest BCUT2D eigenvalue weighted by molar-refractivity contribution is 7.10. The molecular weight excluding hydrogens is 316 g/mol. The van der Waals surface area contributed by atoms with Crippen molar-refractivity contribution in [2.75, 3.05) is 0 Å². The number of non-ortho nitro benzene ring substituents is 1. The highest BCUT2D eigenvalue weighted by Crippen LogP contribution is 2.19. The molecule has 0 N–H and O–H groups in total. The molecule has 1 aliphatic rings. The van der Waals surface area contributed by atoms with Crippen LogP contribution in [0, 0.1) is 10.1 Å². The van der Waals surface area contributed by atoms with E-state index in [4.69, 9.17) is 4.74 Å². The first kappa shape index (κ1) is 14.9. The van der Waals surface area contributed by atoms with Gasteiger partial charge in [0.2, 0.25) is 5.90 Å². The van der Waals surface area contributed by atoms with Gasteiger partial charge in [-0.1, -0.05) is 6.07 Å². The maximum atomic E-state index is 11.7. The van der Waals surface area contributed by atoms with Crippen LogP contribution in [0.15, 0.2) is 58.5 Å². The number of nitro benzene ring substituents is 1. The molecule has 2 heterocycles. The van der Waals surface area contributed by atoms with Gasteiger partial charge in [0.1, 0.15) is 0 Å². The molecule has 7 heteroatoms. The number of nitro groups is 1. The Morgan fingerprint density at radius 1 is 1.17 bits per heavy atom. The van der Waals surface area contributed by atoms with Gasteiger partial charge < -0.3 is 4.74 Å². The molecule has 0 unspecified atom stereocenters. The number of hydrogen-bond donors (Lipinski definition) is 0. The molecule has 1 aromatic heterocycles. The van der Waals surface area contributed by atoms with Crippen LogP contribution in [0.3, 0.4) is 0 Å². The van der Waals surface area contributed by atoms with E-state index in [2.05, 4.69) is 4.99 Å². The van der Waals surface area contributed by atoms with Crippen molar-refractivity contribution in [1.29, 1.82) is 0 Å². The molecule has 0 atom stereocenters. The average molecular weight is 326 g/mol. The Morgan fingerprint density at radius 2 is 1.96 bits per heavy atom. The number of carbonyl (C=O) groups excluding carboxylic acids is 1. The quantitative estimate of drug-likeness (QED) is 0.371. The third-order valence-electron chi connectivity index (χ3n) is 2.98. The van der Waals surface area contributed by atoms with Crippen LogP contribution in [0.1, 0.15) is 10.4 Å². The van der Waals surface area contributed by atoms with Crippen LogP contribution in [0.4, 0.5) is 5.69 Å². The van der Waals surface area contributed by atoms with Crippen LogP contribution < -0.4 is 0 Å². The third-order valence-corrected chi connectivity index (χ3v) is 3.80. The van der Waals surface area contributed by atoms with E-state index in [1.165, 1.54) is 23.5 Å². The number of thiophene rings is 1. The van der Waals surface area contributed by atoms with E-state index < -0.39 is 10.9 Å². The van der Waals surface area contributed by atoms with Crippen LogP contribution >= 0.6 is 11.3 Å². The molecule has 1 aromatic carbocycles. The molecule has 2 aromatic rings. The Balaban J connectivity index is 1.75. The number of carbonyl (C=O) groups is 1. The first-order chi connectivity index (χ1) is 11.1. The number of ether oxygens (including phenoxy) is 1. The van der Waals surface area contributed by atoms with Gasteiger partial charge in [-0.2, -0.15) is 0 Å². The van der Waals surface area contributed by atoms with E-state index in [1.54, 1.807) is 30.4 Å². The molecular formula is C16H10N2O4S. The van der Waals surface area contributed by atoms with E-state index in [0.29, 0.717) is 0 Å². The first-order valence-corrected chi connectivity index (χ1v) is 7.48. The monoisotopic (exact) mass is 326 g/mol. The van der Waals surface area contributed by atoms with Gasteiger partial charge in [-0.25, -0.2) is 9.79 Å². The number of hydrogen-bond acceptors (Lipinski definition) is 6. The maximum Gasteiger partial charge on any atom is 0.363 e. The lowest BCUT2D eigenvalue weighted by atomic mass is 10.2. The predicted octanol–water partition coefficient (Wildman–Crippen LogP) is 3.67. The molecule has 0 amide bonds. The van der Waals surface area contributed by atoms with Crippen molar-refractivity contribution in [2.45, 2.75) is 0 Å². The summed E-state index contributed by atoms with van der Waals surface area (Å²) in [6.07, 6.45) is 4.89. The molecule has 1 aliphatic heterocycles. The van der Waals surface area contributed by atoms with Crippen molar-refractivity contribution >= 4 is 41.0 Å². The van der Waals surface area contributed by atoms with Crippen molar-refractivity contribution in [3.8, 4) is 0 Å². The predicted molar refractivity (Wildman–Crippen MR) is 88.0 cm³/mol. The highest BCUT2D eigenvalue weighted by atomic mass is 32.1. The molecule has 0 bridgehead atoms. The van der Waals surface area contributed by atoms with Crippen molar-refractivity contribution in [2.24, 2.45) is 4.99 Å². The van der Waals surface area contributed by atoms with Crippen LogP contribution in [0.2, 0.25) is 0 Å². The lowest BCUT2D eigenvalue weighted by Gasteiger charge is -1.94. The fraction of sp³-hybridized carbons (Fsp3) is 0. The van der Waals surface area contributed by atoms with Gasteiger partial charge in [0, 0.05) is 23.1 Å². The molecule has 23 heavy (non-hydrogen) atoms. The fourth-order valence-corrected chi connectivity index (χ4v) is 2.53. The second-order valence-corrected chi connectivity index (χ2v) is 5.55. The van der Waals surface area contributed by atoms with E-state index >= 15 is 0 Å². The van der Waals surface area contributed by atoms with Crippen molar-refractivity contribution < 1.29 is 14.5 Å². The molecule has 3 rings (SSSR count). The van der Waals surface area contributed by atoms with E-state index in [9.17, 15) is 14.9 Å². The van der Waals surface area contributed by atoms with Gasteiger partial charge in [-0.05, 0) is 41.3 Å². The van der Waals surface area contributed by atoms with Gasteiger partial charge in [-0.15, -0.1) is 11.3 Å². The number of esters is 1. The Hall–Kier alpha value is -3.06. The van der Waals surface area contributed by atoms with Crippen molar-refractivity contribution in [3.05, 3.63) is 74.1 Å². The first-order valence-electron chi connectivity index (χ1n) is 6.60. The summed E-state index contributed by atoms with van der Waals surface area (Å²) in [6.45, 7) is 0. The summed E-state index contributed by atoms with van der Waals surface area (Å²) in [6, 6.07) is 9.79. The van der Waals surface area contributed by atoms with Gasteiger partial charge in [0.25, 0.3) is 5.69 Å². The summed E-state index contributed by atoms with van der Waals surface area (Å²) in [5.41, 5.74) is 1.01. The molecule has 0 spiro atoms. The normalized spacial score (nSPS) is 15.9. The zero-order valence-electron chi connectivity index (χ0n) is 11.7. The minimum absolute atomic E-state index is 0.0213. The number of cyclic esters (lactones) is 1. The largest absolute Gasteiger partial charge is 0.403 e. The summed E-state index contributed by atoms with van der Waals surface area (Å²) >= 11 is 1.50. The third kappa shape index (κ3) is 3.58. The second-order valence-electron chi connectivity index (χ2n) is 4.57. The molecule has 0 aliphatic carbocycles. The number of aliphatic imine (C=N–C) groups is 1. The smallest absolute Gasteiger partial charge is 0.363 e. The SMILES string of the molecule is O=C1OC(/C=C/c2ccc([N+](=O)[O-])cc2)=NC/1=C/c1cccs1. The van der Waals surface area contributed by atoms with E-state index in [0.717, 1.165) is 10.4 Å². The average Bonchev–Trinajstić information content (AvgIpc) is 3.16. The Labute approximate surface area is 135 Å². The van der Waals surface area contributed by atoms with Crippen molar-refractivity contribution in [1.82, 2.24) is 0 Å². The number of nitrogens with zero attached hydrogens (tertiary/aromatic N) is 2. The van der Waals surface area contributed by atoms with Crippen molar-refractivity contribution in [3.63, 3.8) is 0 Å². The Kier molecular flexibility index (Phi) is 4.11. The van der Waals surface area contributed by atoms with Gasteiger partial charge in [0.15, 0.2) is 5.70 Å². The van der Waals surface area contributed by atoms with E-state index in [1.807, 2.05) is 17.5 Å².